The Labute approximate surface area is 121 Å². The zero-order valence-corrected chi connectivity index (χ0v) is 12.5. The van der Waals surface area contributed by atoms with Gasteiger partial charge in [-0.2, -0.15) is 0 Å². The molecule has 2 atom stereocenters. The van der Waals surface area contributed by atoms with Crippen molar-refractivity contribution < 1.29 is 14.3 Å². The summed E-state index contributed by atoms with van der Waals surface area (Å²) in [6.45, 7) is 4.52. The molecule has 1 rings (SSSR count). The molecule has 5 nitrogen and oxygen atoms in total. The van der Waals surface area contributed by atoms with Gasteiger partial charge in [-0.25, -0.2) is 0 Å². The van der Waals surface area contributed by atoms with Gasteiger partial charge in [-0.05, 0) is 39.2 Å². The van der Waals surface area contributed by atoms with Crippen molar-refractivity contribution in [3.8, 4) is 0 Å². The molecule has 3 N–H and O–H groups in total. The topological polar surface area (TPSA) is 81.4 Å². The predicted molar refractivity (Wildman–Crippen MR) is 76.0 cm³/mol. The summed E-state index contributed by atoms with van der Waals surface area (Å²) in [5, 5.41) is 2.80. The number of halogens is 1. The molecule has 0 spiro atoms. The minimum absolute atomic E-state index is 0. The second kappa shape index (κ2) is 9.15. The van der Waals surface area contributed by atoms with Gasteiger partial charge in [0.1, 0.15) is 0 Å². The Hall–Kier alpha value is -0.810. The molecule has 1 saturated carbocycles. The fourth-order valence-electron chi connectivity index (χ4n) is 2.40. The summed E-state index contributed by atoms with van der Waals surface area (Å²) >= 11 is 0. The van der Waals surface area contributed by atoms with Crippen LogP contribution in [0.3, 0.4) is 0 Å². The molecule has 0 heterocycles. The van der Waals surface area contributed by atoms with Crippen LogP contribution in [0.4, 0.5) is 0 Å². The SMILES string of the molecule is CC(C)OC(=O)CCNC(=O)[C@@H]1CCC[C@@H]1CN.Cl. The Kier molecular flexibility index (Phi) is 8.76. The van der Waals surface area contributed by atoms with E-state index < -0.39 is 0 Å². The monoisotopic (exact) mass is 292 g/mol. The lowest BCUT2D eigenvalue weighted by atomic mass is 9.95. The Morgan fingerprint density at radius 3 is 2.63 bits per heavy atom. The summed E-state index contributed by atoms with van der Waals surface area (Å²) in [6, 6.07) is 0. The summed E-state index contributed by atoms with van der Waals surface area (Å²) in [6.07, 6.45) is 3.12. The Bertz CT molecular complexity index is 298. The maximum absolute atomic E-state index is 11.9. The van der Waals surface area contributed by atoms with Crippen molar-refractivity contribution in [2.24, 2.45) is 17.6 Å². The van der Waals surface area contributed by atoms with Gasteiger partial charge in [0, 0.05) is 12.5 Å². The molecular weight excluding hydrogens is 268 g/mol. The van der Waals surface area contributed by atoms with E-state index in [1.54, 1.807) is 13.8 Å². The van der Waals surface area contributed by atoms with Crippen molar-refractivity contribution in [3.05, 3.63) is 0 Å². The van der Waals surface area contributed by atoms with Gasteiger partial charge >= 0.3 is 5.97 Å². The average Bonchev–Trinajstić information content (AvgIpc) is 2.75. The van der Waals surface area contributed by atoms with Gasteiger partial charge in [-0.15, -0.1) is 12.4 Å². The van der Waals surface area contributed by atoms with Gasteiger partial charge in [0.15, 0.2) is 0 Å². The first-order chi connectivity index (χ1) is 8.54. The highest BCUT2D eigenvalue weighted by Crippen LogP contribution is 2.30. The molecule has 0 unspecified atom stereocenters. The first kappa shape index (κ1) is 18.2. The minimum Gasteiger partial charge on any atom is -0.463 e. The number of nitrogens with one attached hydrogen (secondary N) is 1. The van der Waals surface area contributed by atoms with E-state index in [1.165, 1.54) is 0 Å². The van der Waals surface area contributed by atoms with Crippen molar-refractivity contribution >= 4 is 24.3 Å². The van der Waals surface area contributed by atoms with Crippen LogP contribution in [0.25, 0.3) is 0 Å². The van der Waals surface area contributed by atoms with E-state index in [0.29, 0.717) is 19.0 Å². The highest BCUT2D eigenvalue weighted by atomic mass is 35.5. The molecule has 1 fully saturated rings. The van der Waals surface area contributed by atoms with Crippen LogP contribution in [-0.4, -0.2) is 31.1 Å². The number of hydrogen-bond donors (Lipinski definition) is 2. The molecule has 0 saturated heterocycles. The van der Waals surface area contributed by atoms with Crippen LogP contribution >= 0.6 is 12.4 Å². The lowest BCUT2D eigenvalue weighted by molar-refractivity contribution is -0.147. The zero-order chi connectivity index (χ0) is 13.5. The average molecular weight is 293 g/mol. The number of amides is 1. The fourth-order valence-corrected chi connectivity index (χ4v) is 2.40. The number of rotatable bonds is 6. The molecule has 6 heteroatoms. The number of carbonyl (C=O) groups is 2. The van der Waals surface area contributed by atoms with Crippen molar-refractivity contribution in [2.45, 2.75) is 45.6 Å². The lowest BCUT2D eigenvalue weighted by Crippen LogP contribution is -2.36. The van der Waals surface area contributed by atoms with Crippen LogP contribution in [0.2, 0.25) is 0 Å². The number of carbonyl (C=O) groups excluding carboxylic acids is 2. The van der Waals surface area contributed by atoms with Crippen LogP contribution in [-0.2, 0) is 14.3 Å². The van der Waals surface area contributed by atoms with Gasteiger partial charge in [0.25, 0.3) is 0 Å². The lowest BCUT2D eigenvalue weighted by Gasteiger charge is -2.17. The molecule has 0 aromatic carbocycles. The molecule has 0 aromatic rings. The third-order valence-corrected chi connectivity index (χ3v) is 3.29. The molecular formula is C13H25ClN2O3. The van der Waals surface area contributed by atoms with E-state index in [4.69, 9.17) is 10.5 Å². The maximum Gasteiger partial charge on any atom is 0.307 e. The smallest absolute Gasteiger partial charge is 0.307 e. The fraction of sp³-hybridized carbons (Fsp3) is 0.846. The van der Waals surface area contributed by atoms with Gasteiger partial charge in [0.2, 0.25) is 5.91 Å². The van der Waals surface area contributed by atoms with Crippen molar-refractivity contribution in [3.63, 3.8) is 0 Å². The molecule has 1 amide bonds. The zero-order valence-electron chi connectivity index (χ0n) is 11.7. The molecule has 1 aliphatic carbocycles. The summed E-state index contributed by atoms with van der Waals surface area (Å²) in [5.74, 6) is 0.0797. The number of nitrogens with two attached hydrogens (primary N) is 1. The van der Waals surface area contributed by atoms with E-state index >= 15 is 0 Å². The molecule has 19 heavy (non-hydrogen) atoms. The number of ether oxygens (including phenoxy) is 1. The molecule has 0 bridgehead atoms. The van der Waals surface area contributed by atoms with Crippen LogP contribution < -0.4 is 11.1 Å². The summed E-state index contributed by atoms with van der Waals surface area (Å²) in [5.41, 5.74) is 5.64. The van der Waals surface area contributed by atoms with Crippen molar-refractivity contribution in [2.75, 3.05) is 13.1 Å². The Balaban J connectivity index is 0.00000324. The van der Waals surface area contributed by atoms with Crippen LogP contribution in [0, 0.1) is 11.8 Å². The normalized spacial score (nSPS) is 21.9. The minimum atomic E-state index is -0.271. The van der Waals surface area contributed by atoms with Gasteiger partial charge in [-0.3, -0.25) is 9.59 Å². The van der Waals surface area contributed by atoms with Crippen molar-refractivity contribution in [1.82, 2.24) is 5.32 Å². The van der Waals surface area contributed by atoms with E-state index in [2.05, 4.69) is 5.32 Å². The molecule has 112 valence electrons. The molecule has 1 aliphatic rings. The Morgan fingerprint density at radius 1 is 1.37 bits per heavy atom. The van der Waals surface area contributed by atoms with E-state index in [0.717, 1.165) is 19.3 Å². The van der Waals surface area contributed by atoms with Gasteiger partial charge in [-0.1, -0.05) is 6.42 Å². The summed E-state index contributed by atoms with van der Waals surface area (Å²) < 4.78 is 4.99. The third kappa shape index (κ3) is 6.25. The maximum atomic E-state index is 11.9. The first-order valence-electron chi connectivity index (χ1n) is 6.71. The summed E-state index contributed by atoms with van der Waals surface area (Å²) in [4.78, 5) is 23.2. The molecule has 0 aliphatic heterocycles. The van der Waals surface area contributed by atoms with Gasteiger partial charge in [0.05, 0.1) is 12.5 Å². The third-order valence-electron chi connectivity index (χ3n) is 3.29. The number of esters is 1. The second-order valence-electron chi connectivity index (χ2n) is 5.11. The number of hydrogen-bond acceptors (Lipinski definition) is 4. The van der Waals surface area contributed by atoms with Crippen molar-refractivity contribution in [1.29, 1.82) is 0 Å². The standard InChI is InChI=1S/C13H24N2O3.ClH/c1-9(2)18-12(16)6-7-15-13(17)11-5-3-4-10(11)8-14;/h9-11H,3-8,14H2,1-2H3,(H,15,17);1H/t10-,11-;/m1./s1. The van der Waals surface area contributed by atoms with E-state index in [1.807, 2.05) is 0 Å². The molecule has 0 aromatic heterocycles. The van der Waals surface area contributed by atoms with Crippen LogP contribution in [0.15, 0.2) is 0 Å². The first-order valence-corrected chi connectivity index (χ1v) is 6.71. The largest absolute Gasteiger partial charge is 0.463 e. The van der Waals surface area contributed by atoms with Crippen LogP contribution in [0.1, 0.15) is 39.5 Å². The highest BCUT2D eigenvalue weighted by molar-refractivity contribution is 5.85. The highest BCUT2D eigenvalue weighted by Gasteiger charge is 2.31. The van der Waals surface area contributed by atoms with E-state index in [-0.39, 0.29) is 42.7 Å². The second-order valence-corrected chi connectivity index (χ2v) is 5.11. The predicted octanol–water partition coefficient (Wildman–Crippen LogP) is 1.24. The van der Waals surface area contributed by atoms with Gasteiger partial charge < -0.3 is 15.8 Å². The Morgan fingerprint density at radius 2 is 2.05 bits per heavy atom. The quantitative estimate of drug-likeness (QED) is 0.722. The van der Waals surface area contributed by atoms with Crippen LogP contribution in [0.5, 0.6) is 0 Å². The summed E-state index contributed by atoms with van der Waals surface area (Å²) in [7, 11) is 0. The van der Waals surface area contributed by atoms with E-state index in [9.17, 15) is 9.59 Å². The molecule has 0 radical (unpaired) electrons.